The van der Waals surface area contributed by atoms with Gasteiger partial charge in [-0.1, -0.05) is 56.9 Å². The van der Waals surface area contributed by atoms with E-state index >= 15 is 0 Å². The van der Waals surface area contributed by atoms with Gasteiger partial charge in [0.15, 0.2) is 5.60 Å². The van der Waals surface area contributed by atoms with Gasteiger partial charge in [0, 0.05) is 47.7 Å². The molecule has 1 saturated heterocycles. The summed E-state index contributed by atoms with van der Waals surface area (Å²) < 4.78 is 0. The number of likely N-dealkylation sites (tertiary alicyclic amines) is 1. The van der Waals surface area contributed by atoms with Crippen LogP contribution < -0.4 is 0 Å². The smallest absolute Gasteiger partial charge is 0.165 e. The van der Waals surface area contributed by atoms with Crippen molar-refractivity contribution in [1.29, 1.82) is 0 Å². The number of rotatable bonds is 5. The molecule has 2 aromatic heterocycles. The van der Waals surface area contributed by atoms with Crippen molar-refractivity contribution in [3.63, 3.8) is 0 Å². The van der Waals surface area contributed by atoms with E-state index < -0.39 is 16.6 Å². The Morgan fingerprint density at radius 1 is 1.03 bits per heavy atom. The third kappa shape index (κ3) is 4.72. The Morgan fingerprint density at radius 2 is 1.71 bits per heavy atom. The third-order valence-electron chi connectivity index (χ3n) is 7.02. The lowest BCUT2D eigenvalue weighted by atomic mass is 9.62. The van der Waals surface area contributed by atoms with Gasteiger partial charge in [-0.3, -0.25) is 4.98 Å². The van der Waals surface area contributed by atoms with Crippen molar-refractivity contribution in [2.24, 2.45) is 5.41 Å². The molecule has 2 atom stereocenters. The number of aromatic nitrogens is 3. The molecule has 2 N–H and O–H groups in total. The summed E-state index contributed by atoms with van der Waals surface area (Å²) in [5, 5.41) is 23.3. The molecule has 0 bridgehead atoms. The van der Waals surface area contributed by atoms with Crippen LogP contribution in [0.3, 0.4) is 0 Å². The number of aryl methyl sites for hydroxylation is 1. The molecule has 1 fully saturated rings. The Kier molecular flexibility index (Phi) is 6.54. The van der Waals surface area contributed by atoms with E-state index in [1.165, 1.54) is 11.9 Å². The third-order valence-corrected chi connectivity index (χ3v) is 7.02. The van der Waals surface area contributed by atoms with Gasteiger partial charge in [-0.15, -0.1) is 0 Å². The van der Waals surface area contributed by atoms with E-state index in [1.807, 2.05) is 25.1 Å². The predicted molar refractivity (Wildman–Crippen MR) is 137 cm³/mol. The minimum absolute atomic E-state index is 0.390. The van der Waals surface area contributed by atoms with Crippen LogP contribution in [-0.2, 0) is 11.2 Å². The Bertz CT molecular complexity index is 1270. The van der Waals surface area contributed by atoms with Crippen molar-refractivity contribution in [1.82, 2.24) is 19.9 Å². The fourth-order valence-corrected chi connectivity index (χ4v) is 5.03. The summed E-state index contributed by atoms with van der Waals surface area (Å²) >= 11 is 0. The van der Waals surface area contributed by atoms with Crippen LogP contribution in [0.5, 0.6) is 0 Å². The molecule has 6 nitrogen and oxygen atoms in total. The lowest BCUT2D eigenvalue weighted by Gasteiger charge is -2.55. The summed E-state index contributed by atoms with van der Waals surface area (Å²) in [4.78, 5) is 14.9. The molecule has 6 heteroatoms. The molecule has 1 aliphatic rings. The van der Waals surface area contributed by atoms with Crippen LogP contribution in [0.1, 0.15) is 67.3 Å². The standard InChI is InChI=1S/C29H34N4O2/c1-20(2)23-7-9-24(10-8-23)29(35,27(4)17-33(6)18-27)25-14-22(15-30-16-25)11-12-28(5,34)26-13-21(3)31-19-32-26/h7-10,13-16,19-20,34-35H,17-18H2,1-6H3/t28-,29+/m1/s1. The Morgan fingerprint density at radius 3 is 2.31 bits per heavy atom. The van der Waals surface area contributed by atoms with E-state index in [0.717, 1.165) is 24.3 Å². The van der Waals surface area contributed by atoms with Crippen LogP contribution in [0, 0.1) is 24.2 Å². The van der Waals surface area contributed by atoms with Crippen LogP contribution >= 0.6 is 0 Å². The molecule has 182 valence electrons. The first-order chi connectivity index (χ1) is 16.4. The minimum Gasteiger partial charge on any atom is -0.380 e. The highest BCUT2D eigenvalue weighted by Gasteiger charge is 2.55. The molecule has 0 spiro atoms. The van der Waals surface area contributed by atoms with Crippen LogP contribution in [0.15, 0.2) is 55.1 Å². The van der Waals surface area contributed by atoms with Gasteiger partial charge in [0.1, 0.15) is 11.9 Å². The Labute approximate surface area is 208 Å². The summed E-state index contributed by atoms with van der Waals surface area (Å²) in [6.07, 6.45) is 4.79. The van der Waals surface area contributed by atoms with Crippen molar-refractivity contribution < 1.29 is 10.2 Å². The summed E-state index contributed by atoms with van der Waals surface area (Å²) in [5.41, 5.74) is 1.48. The van der Waals surface area contributed by atoms with E-state index in [4.69, 9.17) is 0 Å². The number of benzene rings is 1. The second kappa shape index (κ2) is 9.16. The maximum atomic E-state index is 12.4. The van der Waals surface area contributed by atoms with Gasteiger partial charge in [0.2, 0.25) is 0 Å². The molecule has 1 aromatic carbocycles. The van der Waals surface area contributed by atoms with E-state index in [1.54, 1.807) is 25.4 Å². The quantitative estimate of drug-likeness (QED) is 0.553. The molecule has 0 unspecified atom stereocenters. The maximum Gasteiger partial charge on any atom is 0.165 e. The normalized spacial score (nSPS) is 18.7. The van der Waals surface area contributed by atoms with Crippen molar-refractivity contribution >= 4 is 0 Å². The Balaban J connectivity index is 1.75. The molecule has 0 radical (unpaired) electrons. The fourth-order valence-electron chi connectivity index (χ4n) is 5.03. The molecule has 0 saturated carbocycles. The summed E-state index contributed by atoms with van der Waals surface area (Å²) in [6.45, 7) is 11.4. The van der Waals surface area contributed by atoms with Gasteiger partial charge in [0.25, 0.3) is 0 Å². The highest BCUT2D eigenvalue weighted by molar-refractivity contribution is 5.45. The Hall–Kier alpha value is -3.11. The second-order valence-electron chi connectivity index (χ2n) is 10.5. The topological polar surface area (TPSA) is 82.4 Å². The lowest BCUT2D eigenvalue weighted by molar-refractivity contribution is -0.127. The number of pyridine rings is 1. The van der Waals surface area contributed by atoms with Crippen molar-refractivity contribution in [3.05, 3.63) is 88.8 Å². The van der Waals surface area contributed by atoms with Gasteiger partial charge in [-0.05, 0) is 50.1 Å². The molecule has 4 rings (SSSR count). The van der Waals surface area contributed by atoms with Gasteiger partial charge in [-0.25, -0.2) is 9.97 Å². The number of hydrogen-bond donors (Lipinski definition) is 2. The van der Waals surface area contributed by atoms with Gasteiger partial charge < -0.3 is 15.1 Å². The van der Waals surface area contributed by atoms with Gasteiger partial charge >= 0.3 is 0 Å². The van der Waals surface area contributed by atoms with Crippen molar-refractivity contribution in [3.8, 4) is 11.8 Å². The maximum absolute atomic E-state index is 12.4. The van der Waals surface area contributed by atoms with Crippen molar-refractivity contribution in [2.75, 3.05) is 20.1 Å². The van der Waals surface area contributed by atoms with E-state index in [9.17, 15) is 10.2 Å². The fraction of sp³-hybridized carbons (Fsp3) is 0.414. The summed E-state index contributed by atoms with van der Waals surface area (Å²) in [6, 6.07) is 11.8. The minimum atomic E-state index is -1.45. The molecule has 3 aromatic rings. The largest absolute Gasteiger partial charge is 0.380 e. The zero-order valence-corrected chi connectivity index (χ0v) is 21.4. The highest BCUT2D eigenvalue weighted by atomic mass is 16.3. The molecule has 35 heavy (non-hydrogen) atoms. The monoisotopic (exact) mass is 470 g/mol. The number of nitrogens with zero attached hydrogens (tertiary/aromatic N) is 4. The second-order valence-corrected chi connectivity index (χ2v) is 10.5. The average Bonchev–Trinajstić information content (AvgIpc) is 2.81. The van der Waals surface area contributed by atoms with Crippen molar-refractivity contribution in [2.45, 2.75) is 51.7 Å². The SMILES string of the molecule is Cc1cc([C@](C)(O)C#Cc2cncc([C@@](O)(c3ccc(C(C)C)cc3)C3(C)CN(C)C3)c2)ncn1. The average molecular weight is 471 g/mol. The highest BCUT2D eigenvalue weighted by Crippen LogP contribution is 2.50. The first kappa shape index (κ1) is 25.0. The van der Waals surface area contributed by atoms with Crippen LogP contribution in [-0.4, -0.2) is 50.2 Å². The van der Waals surface area contributed by atoms with Crippen LogP contribution in [0.2, 0.25) is 0 Å². The van der Waals surface area contributed by atoms with Gasteiger partial charge in [0.05, 0.1) is 5.69 Å². The van der Waals surface area contributed by atoms with E-state index in [2.05, 4.69) is 71.6 Å². The molecule has 0 amide bonds. The zero-order valence-electron chi connectivity index (χ0n) is 21.4. The first-order valence-corrected chi connectivity index (χ1v) is 12.0. The van der Waals surface area contributed by atoms with E-state index in [-0.39, 0.29) is 0 Å². The molecular formula is C29H34N4O2. The predicted octanol–water partition coefficient (Wildman–Crippen LogP) is 3.75. The first-order valence-electron chi connectivity index (χ1n) is 12.0. The van der Waals surface area contributed by atoms with Crippen LogP contribution in [0.25, 0.3) is 0 Å². The molecule has 3 heterocycles. The molecule has 0 aliphatic carbocycles. The summed E-state index contributed by atoms with van der Waals surface area (Å²) in [5.74, 6) is 6.37. The summed E-state index contributed by atoms with van der Waals surface area (Å²) in [7, 11) is 2.06. The molecule has 1 aliphatic heterocycles. The lowest BCUT2D eigenvalue weighted by Crippen LogP contribution is -2.63. The number of hydrogen-bond acceptors (Lipinski definition) is 6. The number of aliphatic hydroxyl groups is 2. The zero-order chi connectivity index (χ0) is 25.4. The van der Waals surface area contributed by atoms with Gasteiger partial charge in [-0.2, -0.15) is 0 Å². The van der Waals surface area contributed by atoms with Crippen LogP contribution in [0.4, 0.5) is 0 Å². The molecular weight excluding hydrogens is 436 g/mol. The van der Waals surface area contributed by atoms with E-state index in [0.29, 0.717) is 22.7 Å².